The third kappa shape index (κ3) is 4.44. The maximum atomic E-state index is 14.2. The van der Waals surface area contributed by atoms with Crippen LogP contribution in [0.5, 0.6) is 5.75 Å². The summed E-state index contributed by atoms with van der Waals surface area (Å²) in [5.74, 6) is -0.209. The average Bonchev–Trinajstić information content (AvgIpc) is 2.99. The van der Waals surface area contributed by atoms with E-state index in [9.17, 15) is 19.1 Å². The highest BCUT2D eigenvalue weighted by Gasteiger charge is 2.24. The first-order chi connectivity index (χ1) is 14.4. The van der Waals surface area contributed by atoms with Gasteiger partial charge in [-0.2, -0.15) is 0 Å². The van der Waals surface area contributed by atoms with Crippen molar-refractivity contribution in [2.24, 2.45) is 0 Å². The number of amides is 2. The fourth-order valence-electron chi connectivity index (χ4n) is 3.85. The SMILES string of the molecule is CN1Cc2cc(-c3cc(F)cc(OCC(O)CN4CCNC(=O)C4)c3)ccc2C1=O. The molecule has 30 heavy (non-hydrogen) atoms. The second-order valence-electron chi connectivity index (χ2n) is 7.76. The Kier molecular flexibility index (Phi) is 5.69. The number of fused-ring (bicyclic) bond motifs is 1. The zero-order valence-electron chi connectivity index (χ0n) is 16.7. The molecular formula is C22H24FN3O4. The van der Waals surface area contributed by atoms with Crippen LogP contribution in [0.1, 0.15) is 15.9 Å². The molecule has 2 aliphatic rings. The summed E-state index contributed by atoms with van der Waals surface area (Å²) < 4.78 is 19.8. The average molecular weight is 413 g/mol. The molecule has 8 heteroatoms. The van der Waals surface area contributed by atoms with E-state index in [1.54, 1.807) is 30.1 Å². The van der Waals surface area contributed by atoms with Crippen LogP contribution in [-0.2, 0) is 11.3 Å². The number of aliphatic hydroxyl groups is 1. The Hall–Kier alpha value is -2.97. The highest BCUT2D eigenvalue weighted by molar-refractivity contribution is 5.98. The number of nitrogens with zero attached hydrogens (tertiary/aromatic N) is 2. The van der Waals surface area contributed by atoms with E-state index in [4.69, 9.17) is 4.74 Å². The first-order valence-electron chi connectivity index (χ1n) is 9.88. The molecule has 0 aromatic heterocycles. The number of ether oxygens (including phenoxy) is 1. The first-order valence-corrected chi connectivity index (χ1v) is 9.88. The number of hydrogen-bond acceptors (Lipinski definition) is 5. The van der Waals surface area contributed by atoms with Gasteiger partial charge in [0.1, 0.15) is 24.3 Å². The van der Waals surface area contributed by atoms with Crippen LogP contribution in [0.25, 0.3) is 11.1 Å². The molecule has 2 aromatic carbocycles. The van der Waals surface area contributed by atoms with Gasteiger partial charge >= 0.3 is 0 Å². The molecule has 7 nitrogen and oxygen atoms in total. The van der Waals surface area contributed by atoms with Gasteiger partial charge < -0.3 is 20.1 Å². The molecule has 2 heterocycles. The third-order valence-electron chi connectivity index (χ3n) is 5.32. The highest BCUT2D eigenvalue weighted by atomic mass is 19.1. The van der Waals surface area contributed by atoms with Crippen molar-refractivity contribution in [2.75, 3.05) is 39.8 Å². The lowest BCUT2D eigenvalue weighted by atomic mass is 10.00. The van der Waals surface area contributed by atoms with Gasteiger partial charge in [0.15, 0.2) is 0 Å². The van der Waals surface area contributed by atoms with Gasteiger partial charge in [0.2, 0.25) is 5.91 Å². The Labute approximate surface area is 174 Å². The maximum Gasteiger partial charge on any atom is 0.254 e. The minimum Gasteiger partial charge on any atom is -0.491 e. The van der Waals surface area contributed by atoms with Crippen LogP contribution in [0.4, 0.5) is 4.39 Å². The summed E-state index contributed by atoms with van der Waals surface area (Å²) in [7, 11) is 1.75. The quantitative estimate of drug-likeness (QED) is 0.745. The van der Waals surface area contributed by atoms with Crippen molar-refractivity contribution in [3.05, 3.63) is 53.3 Å². The van der Waals surface area contributed by atoms with Gasteiger partial charge in [-0.15, -0.1) is 0 Å². The molecule has 0 radical (unpaired) electrons. The molecule has 1 atom stereocenters. The third-order valence-corrected chi connectivity index (χ3v) is 5.32. The Balaban J connectivity index is 1.43. The Morgan fingerprint density at radius 2 is 2.00 bits per heavy atom. The molecule has 0 bridgehead atoms. The maximum absolute atomic E-state index is 14.2. The molecule has 2 aliphatic heterocycles. The molecule has 1 unspecified atom stereocenters. The topological polar surface area (TPSA) is 82.1 Å². The normalized spacial score (nSPS) is 17.6. The van der Waals surface area contributed by atoms with E-state index in [0.29, 0.717) is 43.1 Å². The predicted octanol–water partition coefficient (Wildman–Crippen LogP) is 1.25. The Morgan fingerprint density at radius 3 is 2.80 bits per heavy atom. The van der Waals surface area contributed by atoms with Gasteiger partial charge in [-0.3, -0.25) is 14.5 Å². The molecule has 2 N–H and O–H groups in total. The van der Waals surface area contributed by atoms with Crippen LogP contribution in [0.15, 0.2) is 36.4 Å². The molecule has 0 spiro atoms. The van der Waals surface area contributed by atoms with Crippen molar-refractivity contribution >= 4 is 11.8 Å². The summed E-state index contributed by atoms with van der Waals surface area (Å²) >= 11 is 0. The van der Waals surface area contributed by atoms with Gasteiger partial charge in [-0.25, -0.2) is 4.39 Å². The molecule has 0 aliphatic carbocycles. The number of β-amino-alcohol motifs (C(OH)–C–C–N with tert-alkyl or cyclic N) is 1. The van der Waals surface area contributed by atoms with Gasteiger partial charge in [0.25, 0.3) is 5.91 Å². The number of benzene rings is 2. The number of rotatable bonds is 6. The van der Waals surface area contributed by atoms with E-state index in [-0.39, 0.29) is 25.0 Å². The second-order valence-corrected chi connectivity index (χ2v) is 7.76. The summed E-state index contributed by atoms with van der Waals surface area (Å²) in [6, 6.07) is 9.86. The number of hydrogen-bond donors (Lipinski definition) is 2. The van der Waals surface area contributed by atoms with Crippen molar-refractivity contribution < 1.29 is 23.8 Å². The van der Waals surface area contributed by atoms with Crippen LogP contribution in [-0.4, -0.2) is 72.7 Å². The molecule has 2 aromatic rings. The molecule has 0 saturated carbocycles. The molecule has 158 valence electrons. The summed E-state index contributed by atoms with van der Waals surface area (Å²) in [6.45, 7) is 2.30. The van der Waals surface area contributed by atoms with Crippen molar-refractivity contribution in [3.8, 4) is 16.9 Å². The van der Waals surface area contributed by atoms with Crippen molar-refractivity contribution in [3.63, 3.8) is 0 Å². The molecule has 1 saturated heterocycles. The summed E-state index contributed by atoms with van der Waals surface area (Å²) in [5, 5.41) is 13.0. The standard InChI is InChI=1S/C22H24FN3O4/c1-25-10-16-6-14(2-3-20(16)22(25)29)15-7-17(23)9-19(8-15)30-13-18(27)11-26-5-4-24-21(28)12-26/h2-3,6-9,18,27H,4-5,10-13H2,1H3,(H,24,28). The molecule has 4 rings (SSSR count). The second kappa shape index (κ2) is 8.41. The molecule has 1 fully saturated rings. The lowest BCUT2D eigenvalue weighted by Gasteiger charge is -2.28. The molecule has 2 amide bonds. The van der Waals surface area contributed by atoms with Crippen LogP contribution in [0.2, 0.25) is 0 Å². The summed E-state index contributed by atoms with van der Waals surface area (Å²) in [6.07, 6.45) is -0.802. The van der Waals surface area contributed by atoms with E-state index in [1.807, 2.05) is 11.0 Å². The van der Waals surface area contributed by atoms with Crippen molar-refractivity contribution in [1.82, 2.24) is 15.1 Å². The fraction of sp³-hybridized carbons (Fsp3) is 0.364. The van der Waals surface area contributed by atoms with Crippen LogP contribution in [0, 0.1) is 5.82 Å². The summed E-state index contributed by atoms with van der Waals surface area (Å²) in [4.78, 5) is 27.0. The fourth-order valence-corrected chi connectivity index (χ4v) is 3.85. The first kappa shape index (κ1) is 20.3. The van der Waals surface area contributed by atoms with Crippen molar-refractivity contribution in [1.29, 1.82) is 0 Å². The molecular weight excluding hydrogens is 389 g/mol. The van der Waals surface area contributed by atoms with E-state index in [0.717, 1.165) is 11.1 Å². The van der Waals surface area contributed by atoms with E-state index >= 15 is 0 Å². The van der Waals surface area contributed by atoms with Crippen LogP contribution >= 0.6 is 0 Å². The van der Waals surface area contributed by atoms with Crippen LogP contribution in [0.3, 0.4) is 0 Å². The van der Waals surface area contributed by atoms with E-state index < -0.39 is 11.9 Å². The van der Waals surface area contributed by atoms with Gasteiger partial charge in [0.05, 0.1) is 6.54 Å². The predicted molar refractivity (Wildman–Crippen MR) is 109 cm³/mol. The zero-order chi connectivity index (χ0) is 21.3. The van der Waals surface area contributed by atoms with Crippen molar-refractivity contribution in [2.45, 2.75) is 12.6 Å². The smallest absolute Gasteiger partial charge is 0.254 e. The monoisotopic (exact) mass is 413 g/mol. The van der Waals surface area contributed by atoms with E-state index in [2.05, 4.69) is 5.32 Å². The Bertz CT molecular complexity index is 981. The zero-order valence-corrected chi connectivity index (χ0v) is 16.7. The number of nitrogens with one attached hydrogen (secondary N) is 1. The number of piperazine rings is 1. The largest absolute Gasteiger partial charge is 0.491 e. The van der Waals surface area contributed by atoms with Gasteiger partial charge in [-0.1, -0.05) is 6.07 Å². The summed E-state index contributed by atoms with van der Waals surface area (Å²) in [5.41, 5.74) is 3.01. The number of halogens is 1. The minimum absolute atomic E-state index is 0.00943. The lowest BCUT2D eigenvalue weighted by Crippen LogP contribution is -2.50. The number of carbonyl (C=O) groups is 2. The number of aliphatic hydroxyl groups excluding tert-OH is 1. The highest BCUT2D eigenvalue weighted by Crippen LogP contribution is 2.30. The lowest BCUT2D eigenvalue weighted by molar-refractivity contribution is -0.124. The number of carbonyl (C=O) groups excluding carboxylic acids is 2. The minimum atomic E-state index is -0.802. The van der Waals surface area contributed by atoms with Gasteiger partial charge in [-0.05, 0) is 41.0 Å². The van der Waals surface area contributed by atoms with E-state index in [1.165, 1.54) is 12.1 Å². The van der Waals surface area contributed by atoms with Crippen LogP contribution < -0.4 is 10.1 Å². The van der Waals surface area contributed by atoms with Gasteiger partial charge in [0, 0.05) is 44.9 Å². The Morgan fingerprint density at radius 1 is 1.17 bits per heavy atom.